The van der Waals surface area contributed by atoms with Gasteiger partial charge >= 0.3 is 5.97 Å². The van der Waals surface area contributed by atoms with Crippen LogP contribution in [0, 0.1) is 0 Å². The molecule has 0 aromatic rings. The minimum Gasteiger partial charge on any atom is -0.480 e. The normalized spacial score (nSPS) is 19.3. The van der Waals surface area contributed by atoms with Crippen LogP contribution in [-0.2, 0) is 9.59 Å². The van der Waals surface area contributed by atoms with Gasteiger partial charge in [0.15, 0.2) is 0 Å². The van der Waals surface area contributed by atoms with Crippen molar-refractivity contribution in [2.24, 2.45) is 0 Å². The number of β-amino-alcohol motifs (C(OH)–C–C–N with tert-alkyl or cyclic N) is 1. The first-order valence-electron chi connectivity index (χ1n) is 11.8. The van der Waals surface area contributed by atoms with Crippen molar-refractivity contribution in [2.45, 2.75) is 128 Å². The van der Waals surface area contributed by atoms with Crippen molar-refractivity contribution < 1.29 is 19.8 Å². The van der Waals surface area contributed by atoms with E-state index in [1.165, 1.54) is 81.9 Å². The van der Waals surface area contributed by atoms with Gasteiger partial charge < -0.3 is 15.1 Å². The maximum Gasteiger partial charge on any atom is 0.326 e. The maximum absolute atomic E-state index is 12.2. The van der Waals surface area contributed by atoms with Crippen molar-refractivity contribution in [2.75, 3.05) is 6.54 Å². The van der Waals surface area contributed by atoms with Gasteiger partial charge in [-0.15, -0.1) is 0 Å². The lowest BCUT2D eigenvalue weighted by Crippen LogP contribution is -2.40. The summed E-state index contributed by atoms with van der Waals surface area (Å²) < 4.78 is 0. The van der Waals surface area contributed by atoms with E-state index in [1.807, 2.05) is 0 Å². The molecule has 1 aliphatic heterocycles. The molecule has 2 atom stereocenters. The maximum atomic E-state index is 12.2. The van der Waals surface area contributed by atoms with Crippen LogP contribution in [0.3, 0.4) is 0 Å². The Balaban J connectivity index is 1.89. The average molecular weight is 398 g/mol. The Kier molecular flexibility index (Phi) is 14.1. The van der Waals surface area contributed by atoms with Gasteiger partial charge in [-0.3, -0.25) is 4.79 Å². The third-order valence-corrected chi connectivity index (χ3v) is 5.88. The van der Waals surface area contributed by atoms with Crippen LogP contribution in [0.2, 0.25) is 0 Å². The van der Waals surface area contributed by atoms with E-state index in [1.54, 1.807) is 0 Å². The quantitative estimate of drug-likeness (QED) is 0.327. The highest BCUT2D eigenvalue weighted by Gasteiger charge is 2.38. The molecule has 0 aromatic carbocycles. The second-order valence-corrected chi connectivity index (χ2v) is 8.49. The van der Waals surface area contributed by atoms with E-state index >= 15 is 0 Å². The number of aliphatic hydroxyl groups is 1. The summed E-state index contributed by atoms with van der Waals surface area (Å²) >= 11 is 0. The number of hydrogen-bond donors (Lipinski definition) is 2. The fourth-order valence-corrected chi connectivity index (χ4v) is 4.11. The van der Waals surface area contributed by atoms with E-state index < -0.39 is 18.1 Å². The number of unbranched alkanes of at least 4 members (excludes halogenated alkanes) is 14. The lowest BCUT2D eigenvalue weighted by molar-refractivity contribution is -0.148. The first-order valence-corrected chi connectivity index (χ1v) is 11.8. The summed E-state index contributed by atoms with van der Waals surface area (Å²) in [6, 6.07) is -0.848. The van der Waals surface area contributed by atoms with Crippen LogP contribution < -0.4 is 0 Å². The molecule has 0 aromatic heterocycles. The number of aliphatic carboxylic acids is 1. The lowest BCUT2D eigenvalue weighted by atomic mass is 10.0. The van der Waals surface area contributed by atoms with Crippen LogP contribution in [0.5, 0.6) is 0 Å². The highest BCUT2D eigenvalue weighted by molar-refractivity contribution is 5.84. The van der Waals surface area contributed by atoms with E-state index in [-0.39, 0.29) is 18.9 Å². The molecule has 5 nitrogen and oxygen atoms in total. The molecule has 28 heavy (non-hydrogen) atoms. The molecule has 1 fully saturated rings. The molecule has 0 aliphatic carbocycles. The summed E-state index contributed by atoms with van der Waals surface area (Å²) in [6.45, 7) is 2.42. The number of nitrogens with zero attached hydrogens (tertiary/aromatic N) is 1. The molecule has 1 heterocycles. The Morgan fingerprint density at radius 3 is 1.64 bits per heavy atom. The zero-order chi connectivity index (χ0) is 20.6. The van der Waals surface area contributed by atoms with Gasteiger partial charge in [0.25, 0.3) is 0 Å². The number of hydrogen-bond acceptors (Lipinski definition) is 3. The van der Waals surface area contributed by atoms with Crippen molar-refractivity contribution in [3.05, 3.63) is 0 Å². The minimum atomic E-state index is -1.01. The number of aliphatic hydroxyl groups excluding tert-OH is 1. The molecule has 1 aliphatic rings. The third kappa shape index (κ3) is 11.0. The molecule has 0 spiro atoms. The standard InChI is InChI=1S/C23H43NO4/c1-2-3-4-5-6-7-8-9-10-11-12-13-14-15-16-17-22(26)24-19-20(25)18-21(24)23(27)28/h20-21,25H,2-19H2,1H3,(H,27,28). The summed E-state index contributed by atoms with van der Waals surface area (Å²) in [6.07, 6.45) is 19.1. The predicted octanol–water partition coefficient (Wildman–Crippen LogP) is 5.29. The fraction of sp³-hybridized carbons (Fsp3) is 0.913. The Morgan fingerprint density at radius 1 is 0.786 bits per heavy atom. The van der Waals surface area contributed by atoms with Crippen LogP contribution in [0.25, 0.3) is 0 Å². The number of rotatable bonds is 17. The lowest BCUT2D eigenvalue weighted by Gasteiger charge is -2.21. The molecule has 164 valence electrons. The Labute approximate surface area is 171 Å². The van der Waals surface area contributed by atoms with Crippen LogP contribution >= 0.6 is 0 Å². The van der Waals surface area contributed by atoms with Gasteiger partial charge in [-0.1, -0.05) is 96.8 Å². The van der Waals surface area contributed by atoms with E-state index in [0.29, 0.717) is 6.42 Å². The summed E-state index contributed by atoms with van der Waals surface area (Å²) in [5, 5.41) is 18.8. The summed E-state index contributed by atoms with van der Waals surface area (Å²) in [4.78, 5) is 24.7. The van der Waals surface area contributed by atoms with Crippen LogP contribution in [0.4, 0.5) is 0 Å². The van der Waals surface area contributed by atoms with Gasteiger partial charge in [-0.05, 0) is 6.42 Å². The molecule has 1 amide bonds. The second kappa shape index (κ2) is 15.8. The first kappa shape index (κ1) is 24.9. The smallest absolute Gasteiger partial charge is 0.326 e. The molecule has 1 saturated heterocycles. The highest BCUT2D eigenvalue weighted by atomic mass is 16.4. The van der Waals surface area contributed by atoms with E-state index in [2.05, 4.69) is 6.92 Å². The van der Waals surface area contributed by atoms with Gasteiger partial charge in [0.05, 0.1) is 6.10 Å². The topological polar surface area (TPSA) is 77.8 Å². The zero-order valence-electron chi connectivity index (χ0n) is 18.0. The molecule has 5 heteroatoms. The van der Waals surface area contributed by atoms with E-state index in [4.69, 9.17) is 5.11 Å². The van der Waals surface area contributed by atoms with E-state index in [0.717, 1.165) is 19.3 Å². The Hall–Kier alpha value is -1.10. The number of carbonyl (C=O) groups excluding carboxylic acids is 1. The van der Waals surface area contributed by atoms with Crippen molar-refractivity contribution in [1.29, 1.82) is 0 Å². The van der Waals surface area contributed by atoms with Gasteiger partial charge in [0.1, 0.15) is 6.04 Å². The first-order chi connectivity index (χ1) is 13.6. The molecule has 2 unspecified atom stereocenters. The van der Waals surface area contributed by atoms with Crippen molar-refractivity contribution >= 4 is 11.9 Å². The summed E-state index contributed by atoms with van der Waals surface area (Å²) in [5.74, 6) is -1.14. The van der Waals surface area contributed by atoms with Crippen molar-refractivity contribution in [1.82, 2.24) is 4.90 Å². The molecule has 2 N–H and O–H groups in total. The summed E-state index contributed by atoms with van der Waals surface area (Å²) in [5.41, 5.74) is 0. The number of amides is 1. The molecular weight excluding hydrogens is 354 g/mol. The van der Waals surface area contributed by atoms with Crippen LogP contribution in [-0.4, -0.2) is 45.7 Å². The second-order valence-electron chi connectivity index (χ2n) is 8.49. The Bertz CT molecular complexity index is 427. The largest absolute Gasteiger partial charge is 0.480 e. The van der Waals surface area contributed by atoms with Crippen LogP contribution in [0.1, 0.15) is 116 Å². The number of carboxylic acids is 1. The number of carboxylic acid groups (broad SMARTS) is 1. The van der Waals surface area contributed by atoms with Crippen LogP contribution in [0.15, 0.2) is 0 Å². The molecule has 0 bridgehead atoms. The van der Waals surface area contributed by atoms with E-state index in [9.17, 15) is 14.7 Å². The zero-order valence-corrected chi connectivity index (χ0v) is 18.0. The Morgan fingerprint density at radius 2 is 1.21 bits per heavy atom. The van der Waals surface area contributed by atoms with Crippen molar-refractivity contribution in [3.8, 4) is 0 Å². The summed E-state index contributed by atoms with van der Waals surface area (Å²) in [7, 11) is 0. The SMILES string of the molecule is CCCCCCCCCCCCCCCCCC(=O)N1CC(O)CC1C(=O)O. The molecule has 0 radical (unpaired) electrons. The molecule has 1 rings (SSSR count). The average Bonchev–Trinajstić information content (AvgIpc) is 3.07. The predicted molar refractivity (Wildman–Crippen MR) is 113 cm³/mol. The monoisotopic (exact) mass is 397 g/mol. The highest BCUT2D eigenvalue weighted by Crippen LogP contribution is 2.20. The van der Waals surface area contributed by atoms with Crippen molar-refractivity contribution in [3.63, 3.8) is 0 Å². The van der Waals surface area contributed by atoms with Gasteiger partial charge in [-0.25, -0.2) is 4.79 Å². The fourth-order valence-electron chi connectivity index (χ4n) is 4.11. The van der Waals surface area contributed by atoms with Gasteiger partial charge in [-0.2, -0.15) is 0 Å². The van der Waals surface area contributed by atoms with Gasteiger partial charge in [0, 0.05) is 19.4 Å². The third-order valence-electron chi connectivity index (χ3n) is 5.88. The van der Waals surface area contributed by atoms with Gasteiger partial charge in [0.2, 0.25) is 5.91 Å². The number of likely N-dealkylation sites (tertiary alicyclic amines) is 1. The molecular formula is C23H43NO4. The molecule has 0 saturated carbocycles. The minimum absolute atomic E-state index is 0.126. The number of carbonyl (C=O) groups is 2.